The number of amides is 1. The highest BCUT2D eigenvalue weighted by Gasteiger charge is 2.32. The Labute approximate surface area is 777 Å². The van der Waals surface area contributed by atoms with Gasteiger partial charge in [-0.05, 0) is 268 Å². The third-order valence-corrected chi connectivity index (χ3v) is 16.0. The van der Waals surface area contributed by atoms with Gasteiger partial charge in [0.05, 0.1) is 155 Å². The van der Waals surface area contributed by atoms with Gasteiger partial charge in [-0.15, -0.1) is 0 Å². The van der Waals surface area contributed by atoms with Crippen LogP contribution in [0.2, 0.25) is 0 Å². The van der Waals surface area contributed by atoms with Gasteiger partial charge in [0.15, 0.2) is 5.84 Å². The first-order chi connectivity index (χ1) is 58.2. The predicted molar refractivity (Wildman–Crippen MR) is 508 cm³/mol. The van der Waals surface area contributed by atoms with Crippen molar-refractivity contribution < 1.29 is 128 Å². The lowest BCUT2D eigenvalue weighted by molar-refractivity contribution is -0.156. The van der Waals surface area contributed by atoms with E-state index in [1.807, 2.05) is 208 Å². The number of carbonyl (C=O) groups is 7. The van der Waals surface area contributed by atoms with E-state index in [-0.39, 0.29) is 175 Å². The molecule has 5 unspecified atom stereocenters. The fraction of sp³-hybridized carbons (Fsp3) is 0.915. The molecule has 3 aliphatic rings. The highest BCUT2D eigenvalue weighted by Crippen LogP contribution is 2.35. The van der Waals surface area contributed by atoms with Crippen LogP contribution < -0.4 is 27.7 Å². The molecule has 0 aromatic rings. The fourth-order valence-electron chi connectivity index (χ4n) is 8.89. The third kappa shape index (κ3) is 115. The number of hydrogen-bond acceptors (Lipinski definition) is 31. The van der Waals surface area contributed by atoms with Crippen LogP contribution in [-0.4, -0.2) is 260 Å². The van der Waals surface area contributed by atoms with Crippen molar-refractivity contribution in [3.8, 4) is 0 Å². The Kier molecular flexibility index (Phi) is 84.6. The number of aliphatic hydroxyl groups is 1. The number of ether oxygens (including phenoxy) is 16. The highest BCUT2D eigenvalue weighted by molar-refractivity contribution is 7.89. The smallest absolute Gasteiger partial charge is 0.332 e. The Balaban J connectivity index is -0.000000207. The quantitative estimate of drug-likeness (QED) is 0.00567. The van der Waals surface area contributed by atoms with Crippen LogP contribution >= 0.6 is 0 Å². The summed E-state index contributed by atoms with van der Waals surface area (Å²) in [5.41, 5.74) is 21.5. The highest BCUT2D eigenvalue weighted by atomic mass is 32.2. The van der Waals surface area contributed by atoms with E-state index < -0.39 is 28.0 Å². The monoisotopic (exact) mass is 1870 g/mol. The second-order valence-corrected chi connectivity index (χ2v) is 41.0. The second-order valence-electron chi connectivity index (χ2n) is 39.2. The Morgan fingerprint density at radius 2 is 0.828 bits per heavy atom. The van der Waals surface area contributed by atoms with Crippen LogP contribution in [0.3, 0.4) is 0 Å². The Morgan fingerprint density at radius 3 is 1.16 bits per heavy atom. The van der Waals surface area contributed by atoms with Crippen molar-refractivity contribution in [2.75, 3.05) is 85.5 Å². The molecule has 0 spiro atoms. The molecule has 11 N–H and O–H groups in total. The van der Waals surface area contributed by atoms with Crippen molar-refractivity contribution in [2.24, 2.45) is 69.5 Å². The molecule has 0 bridgehead atoms. The molecule has 1 amide bonds. The van der Waals surface area contributed by atoms with Crippen molar-refractivity contribution in [2.45, 2.75) is 435 Å². The second kappa shape index (κ2) is 78.3. The SMILES string of the molecule is CC(C)(C)OC1CC(N)C1.CC(C)(C)OC1CC(O)C1.CC(C)C(N)C(=O)OCCOC(C)(C)C.CC(C)CC1CC1.CC(C)OC/C(N)=N/O.CC(C)OCC(=O)NS(C)(=O)=O.CC(C)OCCOC(=O)C(C)C.CC(COC(C)(C)C)OC(=O)C(N)C(C)C.CC(COC(C)C)CC(=O)OC(C)C.CCOC(=O)CC(C)COC(C)C.CCOC(=O)COC(C)C. The normalized spacial score (nSPS) is 16.6. The number of nitrogens with two attached hydrogens (primary N) is 4. The van der Waals surface area contributed by atoms with Gasteiger partial charge in [0.1, 0.15) is 51.2 Å². The minimum absolute atomic E-state index is 0.00477. The maximum atomic E-state index is 11.5. The minimum atomic E-state index is -3.45. The first-order valence-corrected chi connectivity index (χ1v) is 47.9. The molecule has 768 valence electrons. The fourth-order valence-corrected chi connectivity index (χ4v) is 9.36. The largest absolute Gasteiger partial charge is 0.466 e. The number of esters is 6. The van der Waals surface area contributed by atoms with Crippen molar-refractivity contribution in [3.05, 3.63) is 0 Å². The molecule has 3 aliphatic carbocycles. The molecular formula is C94H194N6O27S. The van der Waals surface area contributed by atoms with Crippen molar-refractivity contribution in [1.29, 1.82) is 0 Å². The summed E-state index contributed by atoms with van der Waals surface area (Å²) in [4.78, 5) is 77.3. The van der Waals surface area contributed by atoms with E-state index in [0.717, 1.165) is 43.8 Å². The molecule has 0 aliphatic heterocycles. The molecule has 5 atom stereocenters. The van der Waals surface area contributed by atoms with E-state index in [4.69, 9.17) is 104 Å². The summed E-state index contributed by atoms with van der Waals surface area (Å²) < 4.78 is 105. The molecule has 0 heterocycles. The lowest BCUT2D eigenvalue weighted by atomic mass is 9.89. The summed E-state index contributed by atoms with van der Waals surface area (Å²) >= 11 is 0. The number of hydrogen-bond donors (Lipinski definition) is 7. The maximum Gasteiger partial charge on any atom is 0.332 e. The first kappa shape index (κ1) is 138. The van der Waals surface area contributed by atoms with Crippen LogP contribution in [0.25, 0.3) is 0 Å². The molecular weight excluding hydrogens is 1680 g/mol. The Hall–Kier alpha value is -5.05. The average Bonchev–Trinajstić information content (AvgIpc) is 1.86. The summed E-state index contributed by atoms with van der Waals surface area (Å²) in [5, 5.41) is 19.7. The molecule has 33 nitrogen and oxygen atoms in total. The van der Waals surface area contributed by atoms with Gasteiger partial charge in [0.2, 0.25) is 10.0 Å². The number of amidine groups is 1. The first-order valence-electron chi connectivity index (χ1n) is 46.0. The molecule has 34 heteroatoms. The zero-order chi connectivity index (χ0) is 102. The van der Waals surface area contributed by atoms with Gasteiger partial charge < -0.3 is 109 Å². The summed E-state index contributed by atoms with van der Waals surface area (Å²) in [5.74, 6) is 0.657. The molecule has 3 rings (SSSR count). The summed E-state index contributed by atoms with van der Waals surface area (Å²) in [7, 11) is -3.45. The Morgan fingerprint density at radius 1 is 0.445 bits per heavy atom. The number of aliphatic hydroxyl groups excluding tert-OH is 1. The molecule has 0 aromatic heterocycles. The molecule has 3 saturated carbocycles. The lowest BCUT2D eigenvalue weighted by Gasteiger charge is -2.37. The van der Waals surface area contributed by atoms with Gasteiger partial charge in [-0.2, -0.15) is 0 Å². The molecule has 128 heavy (non-hydrogen) atoms. The van der Waals surface area contributed by atoms with Crippen LogP contribution in [0, 0.1) is 41.4 Å². The molecule has 0 saturated heterocycles. The maximum absolute atomic E-state index is 11.5. The van der Waals surface area contributed by atoms with E-state index in [1.165, 1.54) is 19.3 Å². The molecule has 0 radical (unpaired) electrons. The van der Waals surface area contributed by atoms with Gasteiger partial charge >= 0.3 is 35.8 Å². The van der Waals surface area contributed by atoms with Gasteiger partial charge in [-0.3, -0.25) is 33.5 Å². The Bertz CT molecular complexity index is 2850. The molecule has 3 fully saturated rings. The van der Waals surface area contributed by atoms with E-state index in [9.17, 15) is 42.0 Å². The summed E-state index contributed by atoms with van der Waals surface area (Å²) in [6.45, 7) is 79.8. The number of sulfonamides is 1. The number of nitrogens with one attached hydrogen (secondary N) is 1. The van der Waals surface area contributed by atoms with Crippen LogP contribution in [0.15, 0.2) is 5.16 Å². The predicted octanol–water partition coefficient (Wildman–Crippen LogP) is 14.7. The van der Waals surface area contributed by atoms with Gasteiger partial charge in [-0.25, -0.2) is 13.2 Å². The zero-order valence-corrected chi connectivity index (χ0v) is 88.6. The van der Waals surface area contributed by atoms with Gasteiger partial charge in [0.25, 0.3) is 5.91 Å². The number of nitrogens with zero attached hydrogens (tertiary/aromatic N) is 1. The van der Waals surface area contributed by atoms with E-state index in [0.29, 0.717) is 83.9 Å². The summed E-state index contributed by atoms with van der Waals surface area (Å²) in [6.07, 6.45) is 11.1. The van der Waals surface area contributed by atoms with Crippen molar-refractivity contribution in [3.63, 3.8) is 0 Å². The average molecular weight is 1870 g/mol. The third-order valence-electron chi connectivity index (χ3n) is 15.4. The van der Waals surface area contributed by atoms with E-state index in [2.05, 4.69) is 44.5 Å². The number of rotatable bonds is 42. The standard InChI is InChI=1S/C12H25NO3.C11H23NO3.C11H22O3.C10H20O3.C9H18O3.C8H17NO.C8H16O2.C7H14O3.C7H14.C6H13NO4S.C5H12N2O2/c1-8(2)10(13)11(14)16-9(3)7-15-12(4,5)6;1-8(2)9(12)10(13)14-6-7-15-11(3,4)5;1-8(2)13-7-10(5)6-11(12)14-9(3)4;1-5-12-10(11)6-9(4)7-13-8(2)3;1-7(2)9(10)12-6-5-11-8(3)4;2*1-8(2,3)10-7-4-6(9)5-7;1-4-9-7(8)5-10-6(2)3;1-6(2)5-7-3-4-7;1-5(2)11-4-6(8)7-12(3,9)10;1-4(2)9-3-5(6)7-8/h8-10H,7,13H2,1-6H3;8-9H,6-7,12H2,1-5H3;8-10H,6-7H2,1-5H3;8-9H,5-7H2,1-4H3;7-8H,5-6H2,1-4H3;6-7H,4-5,9H2,1-3H3;6-7,9H,4-5H2,1-3H3;6H,4-5H2,1-3H3;6-7H,3-5H2,1-2H3;5H,4H2,1-3H3,(H,7,8);4,8H,3H2,1-2H3,(H2,6,7). The van der Waals surface area contributed by atoms with Crippen molar-refractivity contribution in [1.82, 2.24) is 4.72 Å². The summed E-state index contributed by atoms with van der Waals surface area (Å²) in [6, 6.07) is -0.705. The van der Waals surface area contributed by atoms with Crippen LogP contribution in [0.4, 0.5) is 0 Å². The molecule has 0 aromatic carbocycles. The minimum Gasteiger partial charge on any atom is -0.466 e. The van der Waals surface area contributed by atoms with Crippen LogP contribution in [0.1, 0.15) is 328 Å². The van der Waals surface area contributed by atoms with E-state index >= 15 is 0 Å². The van der Waals surface area contributed by atoms with Crippen molar-refractivity contribution >= 4 is 57.6 Å². The van der Waals surface area contributed by atoms with Crippen LogP contribution in [0.5, 0.6) is 0 Å². The van der Waals surface area contributed by atoms with Gasteiger partial charge in [-0.1, -0.05) is 87.2 Å². The lowest BCUT2D eigenvalue weighted by Crippen LogP contribution is -2.44. The van der Waals surface area contributed by atoms with E-state index in [1.54, 1.807) is 32.4 Å². The number of oxime groups is 1. The van der Waals surface area contributed by atoms with Crippen LogP contribution in [-0.2, 0) is 119 Å². The topological polar surface area (TPSA) is 470 Å². The van der Waals surface area contributed by atoms with Gasteiger partial charge in [0, 0.05) is 6.04 Å². The number of carbonyl (C=O) groups excluding carboxylic acids is 7. The zero-order valence-electron chi connectivity index (χ0n) is 87.7.